The van der Waals surface area contributed by atoms with Gasteiger partial charge in [0.25, 0.3) is 0 Å². The zero-order valence-electron chi connectivity index (χ0n) is 18.8. The molecule has 0 unspecified atom stereocenters. The molecule has 1 aromatic carbocycles. The molecule has 0 radical (unpaired) electrons. The molecule has 1 spiro atoms. The number of H-pyrrole nitrogens is 1. The van der Waals surface area contributed by atoms with E-state index in [0.717, 1.165) is 36.8 Å². The number of aliphatic hydroxyl groups is 1. The molecule has 6 rings (SSSR count). The number of hydrogen-bond donors (Lipinski definition) is 4. The first-order valence-corrected chi connectivity index (χ1v) is 11.3. The van der Waals surface area contributed by atoms with Gasteiger partial charge in [0.1, 0.15) is 23.4 Å². The van der Waals surface area contributed by atoms with E-state index in [2.05, 4.69) is 30.2 Å². The van der Waals surface area contributed by atoms with E-state index in [1.165, 1.54) is 24.5 Å². The molecular weight excluding hydrogens is 439 g/mol. The van der Waals surface area contributed by atoms with Gasteiger partial charge in [0.15, 0.2) is 11.6 Å². The van der Waals surface area contributed by atoms with Crippen LogP contribution in [0.5, 0.6) is 11.8 Å². The second-order valence-electron chi connectivity index (χ2n) is 9.22. The van der Waals surface area contributed by atoms with E-state index in [1.54, 1.807) is 14.0 Å². The summed E-state index contributed by atoms with van der Waals surface area (Å²) in [5.74, 6) is 0.962. The predicted molar refractivity (Wildman–Crippen MR) is 125 cm³/mol. The number of nitrogens with one attached hydrogen (secondary N) is 2. The van der Waals surface area contributed by atoms with Crippen molar-refractivity contribution < 1.29 is 14.2 Å². The van der Waals surface area contributed by atoms with Gasteiger partial charge in [0.05, 0.1) is 29.0 Å². The largest absolute Gasteiger partial charge is 0.421 e. The van der Waals surface area contributed by atoms with Crippen molar-refractivity contribution in [3.05, 3.63) is 36.2 Å². The number of nitrogens with zero attached hydrogens (tertiary/aromatic N) is 5. The number of nitrogens with two attached hydrogens (primary N) is 1. The van der Waals surface area contributed by atoms with Gasteiger partial charge in [-0.05, 0) is 31.9 Å². The number of halogens is 1. The van der Waals surface area contributed by atoms with Gasteiger partial charge in [-0.1, -0.05) is 0 Å². The molecule has 11 heteroatoms. The van der Waals surface area contributed by atoms with Gasteiger partial charge in [-0.25, -0.2) is 14.4 Å². The Balaban J connectivity index is 1.46. The molecule has 1 aliphatic heterocycles. The number of aromatic amines is 1. The number of ether oxygens (including phenoxy) is 1. The summed E-state index contributed by atoms with van der Waals surface area (Å²) in [6.45, 7) is 3.16. The van der Waals surface area contributed by atoms with Crippen LogP contribution in [0.3, 0.4) is 0 Å². The van der Waals surface area contributed by atoms with E-state index in [9.17, 15) is 9.50 Å². The van der Waals surface area contributed by atoms with Gasteiger partial charge in [-0.2, -0.15) is 9.97 Å². The summed E-state index contributed by atoms with van der Waals surface area (Å²) in [5.41, 5.74) is 8.32. The highest BCUT2D eigenvalue weighted by Crippen LogP contribution is 2.50. The Hall–Kier alpha value is -3.57. The molecule has 10 nitrogen and oxygen atoms in total. The number of anilines is 2. The zero-order valence-corrected chi connectivity index (χ0v) is 18.8. The van der Waals surface area contributed by atoms with E-state index >= 15 is 0 Å². The number of benzene rings is 1. The average Bonchev–Trinajstić information content (AvgIpc) is 3.15. The van der Waals surface area contributed by atoms with E-state index in [0.29, 0.717) is 34.1 Å². The van der Waals surface area contributed by atoms with Crippen LogP contribution in [0.1, 0.15) is 31.7 Å². The van der Waals surface area contributed by atoms with Crippen LogP contribution in [0.2, 0.25) is 0 Å². The maximum atomic E-state index is 14.4. The van der Waals surface area contributed by atoms with Crippen molar-refractivity contribution in [1.82, 2.24) is 24.9 Å². The van der Waals surface area contributed by atoms with Crippen LogP contribution in [-0.4, -0.2) is 56.2 Å². The van der Waals surface area contributed by atoms with Crippen LogP contribution in [-0.2, 0) is 0 Å². The highest BCUT2D eigenvalue weighted by molar-refractivity contribution is 6.14. The predicted octanol–water partition coefficient (Wildman–Crippen LogP) is 2.85. The quantitative estimate of drug-likeness (QED) is 0.351. The molecule has 4 aromatic rings. The molecule has 176 valence electrons. The first-order chi connectivity index (χ1) is 16.4. The fourth-order valence-corrected chi connectivity index (χ4v) is 4.97. The van der Waals surface area contributed by atoms with Crippen molar-refractivity contribution in [3.63, 3.8) is 0 Å². The summed E-state index contributed by atoms with van der Waals surface area (Å²) in [6, 6.07) is 3.25. The third-order valence-electron chi connectivity index (χ3n) is 7.04. The van der Waals surface area contributed by atoms with Crippen LogP contribution in [0, 0.1) is 11.2 Å². The van der Waals surface area contributed by atoms with E-state index in [1.807, 2.05) is 0 Å². The Morgan fingerprint density at radius 2 is 2.06 bits per heavy atom. The second-order valence-corrected chi connectivity index (χ2v) is 9.22. The maximum absolute atomic E-state index is 14.4. The van der Waals surface area contributed by atoms with Crippen molar-refractivity contribution in [2.24, 2.45) is 11.1 Å². The number of aromatic nitrogens is 5. The lowest BCUT2D eigenvalue weighted by Gasteiger charge is -2.60. The molecule has 5 N–H and O–H groups in total. The zero-order chi connectivity index (χ0) is 23.6. The fourth-order valence-electron chi connectivity index (χ4n) is 4.97. The van der Waals surface area contributed by atoms with Crippen LogP contribution in [0.15, 0.2) is 24.5 Å². The molecule has 2 fully saturated rings. The van der Waals surface area contributed by atoms with Crippen LogP contribution >= 0.6 is 0 Å². The Morgan fingerprint density at radius 3 is 2.68 bits per heavy atom. The topological polar surface area (TPSA) is 138 Å². The monoisotopic (exact) mass is 464 g/mol. The van der Waals surface area contributed by atoms with Gasteiger partial charge in [0.2, 0.25) is 0 Å². The molecule has 2 atom stereocenters. The summed E-state index contributed by atoms with van der Waals surface area (Å²) in [6.07, 6.45) is 4.29. The summed E-state index contributed by atoms with van der Waals surface area (Å²) in [5, 5.41) is 14.1. The number of hydrogen-bond acceptors (Lipinski definition) is 9. The van der Waals surface area contributed by atoms with E-state index in [-0.39, 0.29) is 23.3 Å². The SMILES string of the molecule is CNc1cc(F)cc2c1[nH]c1nc(Oc3cnc([C@@H](C)O)nc3)nc(N3CC4(CC[C@H]4N)C3)c12. The second kappa shape index (κ2) is 7.47. The van der Waals surface area contributed by atoms with Crippen molar-refractivity contribution in [1.29, 1.82) is 0 Å². The molecule has 0 bridgehead atoms. The molecule has 34 heavy (non-hydrogen) atoms. The summed E-state index contributed by atoms with van der Waals surface area (Å²) in [7, 11) is 1.74. The van der Waals surface area contributed by atoms with Gasteiger partial charge in [-0.15, -0.1) is 0 Å². The van der Waals surface area contributed by atoms with Crippen LogP contribution in [0.25, 0.3) is 21.9 Å². The third kappa shape index (κ3) is 3.15. The number of fused-ring (bicyclic) bond motifs is 3. The molecule has 1 saturated heterocycles. The first kappa shape index (κ1) is 21.0. The van der Waals surface area contributed by atoms with Crippen molar-refractivity contribution >= 4 is 33.4 Å². The summed E-state index contributed by atoms with van der Waals surface area (Å²) in [4.78, 5) is 23.0. The first-order valence-electron chi connectivity index (χ1n) is 11.3. The molecule has 1 saturated carbocycles. The van der Waals surface area contributed by atoms with Gasteiger partial charge >= 0.3 is 6.01 Å². The lowest BCUT2D eigenvalue weighted by Crippen LogP contribution is -2.69. The highest BCUT2D eigenvalue weighted by atomic mass is 19.1. The van der Waals surface area contributed by atoms with Crippen molar-refractivity contribution in [2.75, 3.05) is 30.4 Å². The van der Waals surface area contributed by atoms with Crippen molar-refractivity contribution in [2.45, 2.75) is 31.9 Å². The Bertz CT molecular complexity index is 1400. The molecule has 4 heterocycles. The lowest BCUT2D eigenvalue weighted by molar-refractivity contribution is 0.0559. The Kier molecular flexibility index (Phi) is 4.61. The molecular formula is C23H25FN8O2. The standard InChI is InChI=1S/C23H25FN8O2/c1-11(33)19-27-7-13(8-28-19)34-22-30-20-17(14-5-12(24)6-15(26-2)18(14)29-20)21(31-22)32-9-23(10-32)4-3-16(23)25/h5-8,11,16,26,33H,3-4,9-10,25H2,1-2H3,(H,29,30,31)/t11-,16-/m1/s1. The number of rotatable bonds is 5. The van der Waals surface area contributed by atoms with Gasteiger partial charge in [0, 0.05) is 37.0 Å². The van der Waals surface area contributed by atoms with Gasteiger partial charge in [-0.3, -0.25) is 0 Å². The fraction of sp³-hybridized carbons (Fsp3) is 0.391. The smallest absolute Gasteiger partial charge is 0.326 e. The molecule has 0 amide bonds. The van der Waals surface area contributed by atoms with Crippen molar-refractivity contribution in [3.8, 4) is 11.8 Å². The number of aliphatic hydroxyl groups excluding tert-OH is 1. The maximum Gasteiger partial charge on any atom is 0.326 e. The van der Waals surface area contributed by atoms with Crippen LogP contribution in [0.4, 0.5) is 15.9 Å². The average molecular weight is 465 g/mol. The minimum Gasteiger partial charge on any atom is -0.421 e. The summed E-state index contributed by atoms with van der Waals surface area (Å²) >= 11 is 0. The van der Waals surface area contributed by atoms with E-state index in [4.69, 9.17) is 15.5 Å². The Morgan fingerprint density at radius 1 is 1.29 bits per heavy atom. The highest BCUT2D eigenvalue weighted by Gasteiger charge is 2.53. The molecule has 3 aromatic heterocycles. The van der Waals surface area contributed by atoms with Crippen LogP contribution < -0.4 is 20.7 Å². The van der Waals surface area contributed by atoms with E-state index < -0.39 is 6.10 Å². The molecule has 1 aliphatic carbocycles. The summed E-state index contributed by atoms with van der Waals surface area (Å²) < 4.78 is 20.3. The van der Waals surface area contributed by atoms with Gasteiger partial charge < -0.3 is 30.8 Å². The Labute approximate surface area is 194 Å². The third-order valence-corrected chi connectivity index (χ3v) is 7.04. The lowest BCUT2D eigenvalue weighted by atomic mass is 9.60. The minimum atomic E-state index is -0.780. The normalized spacial score (nSPS) is 19.8. The molecule has 2 aliphatic rings. The minimum absolute atomic E-state index is 0.118.